The number of likely N-dealkylation sites (N-methyl/N-ethyl adjacent to an activating group) is 1. The third kappa shape index (κ3) is 4.70. The van der Waals surface area contributed by atoms with Crippen LogP contribution < -0.4 is 4.74 Å². The molecule has 2 aromatic carbocycles. The molecule has 28 heavy (non-hydrogen) atoms. The van der Waals surface area contributed by atoms with E-state index in [1.165, 1.54) is 4.90 Å². The topological polar surface area (TPSA) is 68.5 Å². The lowest BCUT2D eigenvalue weighted by Gasteiger charge is -2.21. The fourth-order valence-corrected chi connectivity index (χ4v) is 2.83. The van der Waals surface area contributed by atoms with Crippen LogP contribution in [0.25, 0.3) is 11.4 Å². The van der Waals surface area contributed by atoms with Crippen LogP contribution in [0.4, 0.5) is 0 Å². The Morgan fingerprint density at radius 1 is 1.21 bits per heavy atom. The van der Waals surface area contributed by atoms with E-state index in [1.807, 2.05) is 44.2 Å². The Bertz CT molecular complexity index is 969. The summed E-state index contributed by atoms with van der Waals surface area (Å²) >= 11 is 5.89. The summed E-state index contributed by atoms with van der Waals surface area (Å²) in [6.45, 7) is 5.86. The molecule has 3 aromatic rings. The van der Waals surface area contributed by atoms with E-state index in [9.17, 15) is 4.79 Å². The van der Waals surface area contributed by atoms with E-state index >= 15 is 0 Å². The number of rotatable bonds is 6. The van der Waals surface area contributed by atoms with Gasteiger partial charge in [0, 0.05) is 17.6 Å². The van der Waals surface area contributed by atoms with Crippen molar-refractivity contribution in [1.29, 1.82) is 0 Å². The van der Waals surface area contributed by atoms with Crippen molar-refractivity contribution in [3.05, 3.63) is 64.5 Å². The van der Waals surface area contributed by atoms with Gasteiger partial charge in [-0.15, -0.1) is 0 Å². The number of ether oxygens (including phenoxy) is 1. The van der Waals surface area contributed by atoms with E-state index in [1.54, 1.807) is 26.1 Å². The Hall–Kier alpha value is -2.86. The van der Waals surface area contributed by atoms with Gasteiger partial charge in [-0.3, -0.25) is 4.79 Å². The summed E-state index contributed by atoms with van der Waals surface area (Å²) in [5.41, 5.74) is 2.85. The molecular weight excluding hydrogens is 378 g/mol. The van der Waals surface area contributed by atoms with Crippen molar-refractivity contribution in [3.8, 4) is 17.1 Å². The van der Waals surface area contributed by atoms with Crippen molar-refractivity contribution in [1.82, 2.24) is 15.0 Å². The summed E-state index contributed by atoms with van der Waals surface area (Å²) in [7, 11) is 1.68. The molecule has 1 aromatic heterocycles. The van der Waals surface area contributed by atoms with Crippen molar-refractivity contribution >= 4 is 17.5 Å². The number of aromatic nitrogens is 2. The highest BCUT2D eigenvalue weighted by molar-refractivity contribution is 6.30. The molecule has 1 amide bonds. The minimum atomic E-state index is -0.635. The van der Waals surface area contributed by atoms with Crippen LogP contribution in [-0.2, 0) is 11.3 Å². The summed E-state index contributed by atoms with van der Waals surface area (Å²) in [5, 5.41) is 4.60. The molecule has 1 heterocycles. The van der Waals surface area contributed by atoms with Gasteiger partial charge in [0.25, 0.3) is 5.91 Å². The molecule has 0 saturated heterocycles. The van der Waals surface area contributed by atoms with Gasteiger partial charge in [0.2, 0.25) is 11.7 Å². The highest BCUT2D eigenvalue weighted by Gasteiger charge is 2.22. The number of benzene rings is 2. The molecule has 0 bridgehead atoms. The average Bonchev–Trinajstić information content (AvgIpc) is 3.13. The average molecular weight is 400 g/mol. The van der Waals surface area contributed by atoms with Crippen LogP contribution in [0.3, 0.4) is 0 Å². The van der Waals surface area contributed by atoms with Crippen molar-refractivity contribution in [3.63, 3.8) is 0 Å². The Morgan fingerprint density at radius 3 is 2.64 bits per heavy atom. The molecule has 0 aliphatic rings. The molecule has 0 aliphatic carbocycles. The molecule has 7 heteroatoms. The van der Waals surface area contributed by atoms with Crippen LogP contribution in [-0.4, -0.2) is 34.1 Å². The molecule has 0 saturated carbocycles. The van der Waals surface area contributed by atoms with Crippen LogP contribution in [0.5, 0.6) is 5.75 Å². The third-order valence-corrected chi connectivity index (χ3v) is 4.57. The van der Waals surface area contributed by atoms with Gasteiger partial charge in [-0.05, 0) is 62.2 Å². The zero-order chi connectivity index (χ0) is 20.3. The third-order valence-electron chi connectivity index (χ3n) is 4.31. The first-order chi connectivity index (χ1) is 13.3. The second-order valence-electron chi connectivity index (χ2n) is 6.74. The van der Waals surface area contributed by atoms with E-state index < -0.39 is 6.10 Å². The Morgan fingerprint density at radius 2 is 1.93 bits per heavy atom. The van der Waals surface area contributed by atoms with Crippen molar-refractivity contribution < 1.29 is 14.1 Å². The van der Waals surface area contributed by atoms with Gasteiger partial charge in [0.05, 0.1) is 6.54 Å². The van der Waals surface area contributed by atoms with E-state index in [0.29, 0.717) is 22.5 Å². The number of nitrogens with zero attached hydrogens (tertiary/aromatic N) is 3. The fourth-order valence-electron chi connectivity index (χ4n) is 2.70. The molecule has 0 aliphatic heterocycles. The smallest absolute Gasteiger partial charge is 0.263 e. The second kappa shape index (κ2) is 8.44. The fraction of sp³-hybridized carbons (Fsp3) is 0.286. The van der Waals surface area contributed by atoms with Gasteiger partial charge in [-0.1, -0.05) is 28.9 Å². The molecule has 0 N–H and O–H groups in total. The summed E-state index contributed by atoms with van der Waals surface area (Å²) in [6.07, 6.45) is -0.635. The van der Waals surface area contributed by atoms with Crippen molar-refractivity contribution in [2.75, 3.05) is 7.05 Å². The van der Waals surface area contributed by atoms with Gasteiger partial charge in [0.15, 0.2) is 6.10 Å². The molecule has 1 atom stereocenters. The SMILES string of the molecule is Cc1ccc(C)c(OC(C)C(=O)N(C)Cc2nc(-c3ccc(Cl)cc3)no2)c1. The molecule has 0 fully saturated rings. The summed E-state index contributed by atoms with van der Waals surface area (Å²) < 4.78 is 11.1. The van der Waals surface area contributed by atoms with Crippen LogP contribution >= 0.6 is 11.6 Å². The van der Waals surface area contributed by atoms with Crippen LogP contribution in [0, 0.1) is 13.8 Å². The maximum absolute atomic E-state index is 12.7. The first-order valence-corrected chi connectivity index (χ1v) is 9.28. The molecule has 6 nitrogen and oxygen atoms in total. The minimum absolute atomic E-state index is 0.174. The number of hydrogen-bond donors (Lipinski definition) is 0. The highest BCUT2D eigenvalue weighted by Crippen LogP contribution is 2.22. The number of halogens is 1. The number of carbonyl (C=O) groups is 1. The number of amides is 1. The van der Waals surface area contributed by atoms with Crippen molar-refractivity contribution in [2.45, 2.75) is 33.4 Å². The monoisotopic (exact) mass is 399 g/mol. The van der Waals surface area contributed by atoms with Gasteiger partial charge in [-0.2, -0.15) is 4.98 Å². The second-order valence-corrected chi connectivity index (χ2v) is 7.18. The summed E-state index contributed by atoms with van der Waals surface area (Å²) in [6, 6.07) is 13.0. The number of carbonyl (C=O) groups excluding carboxylic acids is 1. The van der Waals surface area contributed by atoms with E-state index in [-0.39, 0.29) is 12.5 Å². The zero-order valence-electron chi connectivity index (χ0n) is 16.3. The normalized spacial score (nSPS) is 11.9. The van der Waals surface area contributed by atoms with E-state index in [0.717, 1.165) is 16.7 Å². The predicted octanol–water partition coefficient (Wildman–Crippen LogP) is 4.43. The quantitative estimate of drug-likeness (QED) is 0.613. The number of aryl methyl sites for hydroxylation is 2. The maximum atomic E-state index is 12.7. The Kier molecular flexibility index (Phi) is 5.99. The van der Waals surface area contributed by atoms with Gasteiger partial charge >= 0.3 is 0 Å². The molecule has 1 unspecified atom stereocenters. The minimum Gasteiger partial charge on any atom is -0.481 e. The van der Waals surface area contributed by atoms with Crippen LogP contribution in [0.15, 0.2) is 47.0 Å². The largest absolute Gasteiger partial charge is 0.481 e. The lowest BCUT2D eigenvalue weighted by molar-refractivity contribution is -0.137. The lowest BCUT2D eigenvalue weighted by atomic mass is 10.1. The molecule has 3 rings (SSSR count). The summed E-state index contributed by atoms with van der Waals surface area (Å²) in [4.78, 5) is 18.5. The first-order valence-electron chi connectivity index (χ1n) is 8.91. The highest BCUT2D eigenvalue weighted by atomic mass is 35.5. The van der Waals surface area contributed by atoms with E-state index in [2.05, 4.69) is 10.1 Å². The molecule has 0 radical (unpaired) electrons. The Balaban J connectivity index is 1.64. The Labute approximate surface area is 169 Å². The van der Waals surface area contributed by atoms with Crippen LogP contribution in [0.2, 0.25) is 5.02 Å². The van der Waals surface area contributed by atoms with Gasteiger partial charge in [0.1, 0.15) is 5.75 Å². The number of hydrogen-bond acceptors (Lipinski definition) is 5. The maximum Gasteiger partial charge on any atom is 0.263 e. The standard InChI is InChI=1S/C21H22ClN3O3/c1-13-5-6-14(2)18(11-13)27-15(3)21(26)25(4)12-19-23-20(24-28-19)16-7-9-17(22)10-8-16/h5-11,15H,12H2,1-4H3. The van der Waals surface area contributed by atoms with E-state index in [4.69, 9.17) is 20.9 Å². The van der Waals surface area contributed by atoms with Gasteiger partial charge in [-0.25, -0.2) is 0 Å². The first kappa shape index (κ1) is 19.9. The predicted molar refractivity (Wildman–Crippen MR) is 107 cm³/mol. The molecular formula is C21H22ClN3O3. The van der Waals surface area contributed by atoms with Crippen LogP contribution in [0.1, 0.15) is 23.9 Å². The lowest BCUT2D eigenvalue weighted by Crippen LogP contribution is -2.37. The zero-order valence-corrected chi connectivity index (χ0v) is 17.0. The van der Waals surface area contributed by atoms with Gasteiger partial charge < -0.3 is 14.2 Å². The molecule has 146 valence electrons. The summed E-state index contributed by atoms with van der Waals surface area (Å²) in [5.74, 6) is 1.33. The molecule has 0 spiro atoms. The van der Waals surface area contributed by atoms with Crippen molar-refractivity contribution in [2.24, 2.45) is 0 Å².